The fourth-order valence-corrected chi connectivity index (χ4v) is 2.56. The summed E-state index contributed by atoms with van der Waals surface area (Å²) in [4.78, 5) is 6.60. The smallest absolute Gasteiger partial charge is 0.165 e. The monoisotopic (exact) mass is 314 g/mol. The lowest BCUT2D eigenvalue weighted by molar-refractivity contribution is 0.321. The average Bonchev–Trinajstić information content (AvgIpc) is 2.96. The topological polar surface area (TPSA) is 42.6 Å². The summed E-state index contributed by atoms with van der Waals surface area (Å²) in [6.07, 6.45) is 5.73. The Bertz CT molecular complexity index is 779. The van der Waals surface area contributed by atoms with Gasteiger partial charge < -0.3 is 9.64 Å². The number of nitrogens with zero attached hydrogens (tertiary/aromatic N) is 4. The minimum atomic E-state index is -0.366. The average molecular weight is 314 g/mol. The number of hydrogen-bond donors (Lipinski definition) is 0. The van der Waals surface area contributed by atoms with Crippen LogP contribution in [-0.2, 0) is 7.05 Å². The normalized spacial score (nSPS) is 14.5. The first-order valence-corrected chi connectivity index (χ1v) is 7.49. The molecule has 0 aliphatic carbocycles. The molecule has 0 N–H and O–H groups in total. The number of ether oxygens (including phenoxy) is 1. The van der Waals surface area contributed by atoms with Gasteiger partial charge in [0.25, 0.3) is 0 Å². The molecule has 1 aromatic carbocycles. The fraction of sp³-hybridized carbons (Fsp3) is 0.294. The molecule has 2 heterocycles. The number of aliphatic imine (C=N–C) groups is 1. The Labute approximate surface area is 134 Å². The highest BCUT2D eigenvalue weighted by molar-refractivity contribution is 6.13. The van der Waals surface area contributed by atoms with E-state index in [-0.39, 0.29) is 11.6 Å². The van der Waals surface area contributed by atoms with Crippen molar-refractivity contribution >= 4 is 11.4 Å². The molecule has 2 aromatic rings. The van der Waals surface area contributed by atoms with Gasteiger partial charge in [-0.15, -0.1) is 0 Å². The van der Waals surface area contributed by atoms with Crippen molar-refractivity contribution in [3.63, 3.8) is 0 Å². The highest BCUT2D eigenvalue weighted by Gasteiger charge is 2.17. The van der Waals surface area contributed by atoms with E-state index in [4.69, 9.17) is 4.74 Å². The first-order valence-electron chi connectivity index (χ1n) is 7.49. The Morgan fingerprint density at radius 1 is 1.35 bits per heavy atom. The second-order valence-electron chi connectivity index (χ2n) is 5.38. The Morgan fingerprint density at radius 3 is 2.78 bits per heavy atom. The highest BCUT2D eigenvalue weighted by Crippen LogP contribution is 2.24. The van der Waals surface area contributed by atoms with Gasteiger partial charge in [0.05, 0.1) is 24.2 Å². The molecule has 0 saturated heterocycles. The van der Waals surface area contributed by atoms with Crippen molar-refractivity contribution < 1.29 is 9.13 Å². The maximum atomic E-state index is 14.0. The summed E-state index contributed by atoms with van der Waals surface area (Å²) < 4.78 is 21.0. The summed E-state index contributed by atoms with van der Waals surface area (Å²) in [5, 5.41) is 4.17. The van der Waals surface area contributed by atoms with Crippen molar-refractivity contribution in [3.8, 4) is 5.75 Å². The molecule has 23 heavy (non-hydrogen) atoms. The molecule has 1 aliphatic heterocycles. The minimum Gasteiger partial charge on any atom is -0.491 e. The van der Waals surface area contributed by atoms with E-state index in [1.807, 2.05) is 44.3 Å². The van der Waals surface area contributed by atoms with E-state index in [0.717, 1.165) is 22.5 Å². The van der Waals surface area contributed by atoms with Crippen LogP contribution < -0.4 is 9.64 Å². The Kier molecular flexibility index (Phi) is 4.14. The van der Waals surface area contributed by atoms with Gasteiger partial charge in [0.1, 0.15) is 6.67 Å². The van der Waals surface area contributed by atoms with Gasteiger partial charge in [0.2, 0.25) is 0 Å². The largest absolute Gasteiger partial charge is 0.491 e. The van der Waals surface area contributed by atoms with Crippen LogP contribution in [0, 0.1) is 5.82 Å². The van der Waals surface area contributed by atoms with Crippen LogP contribution >= 0.6 is 0 Å². The second kappa shape index (κ2) is 6.24. The van der Waals surface area contributed by atoms with E-state index >= 15 is 0 Å². The van der Waals surface area contributed by atoms with E-state index in [9.17, 15) is 4.39 Å². The van der Waals surface area contributed by atoms with E-state index in [1.54, 1.807) is 16.9 Å². The van der Waals surface area contributed by atoms with Crippen LogP contribution in [0.4, 0.5) is 10.1 Å². The lowest BCUT2D eigenvalue weighted by Crippen LogP contribution is -2.24. The number of aromatic nitrogens is 2. The third kappa shape index (κ3) is 3.11. The van der Waals surface area contributed by atoms with Gasteiger partial charge in [0, 0.05) is 25.0 Å². The molecular weight excluding hydrogens is 295 g/mol. The number of aryl methyl sites for hydroxylation is 1. The fourth-order valence-electron chi connectivity index (χ4n) is 2.56. The predicted molar refractivity (Wildman–Crippen MR) is 88.4 cm³/mol. The highest BCUT2D eigenvalue weighted by atomic mass is 19.1. The Balaban J connectivity index is 1.84. The van der Waals surface area contributed by atoms with Gasteiger partial charge in [-0.2, -0.15) is 5.10 Å². The third-order valence-electron chi connectivity index (χ3n) is 3.63. The predicted octanol–water partition coefficient (Wildman–Crippen LogP) is 3.13. The van der Waals surface area contributed by atoms with Crippen LogP contribution in [-0.4, -0.2) is 28.8 Å². The summed E-state index contributed by atoms with van der Waals surface area (Å²) in [6, 6.07) is 4.96. The first-order chi connectivity index (χ1) is 11.1. The minimum absolute atomic E-state index is 0.270. The third-order valence-corrected chi connectivity index (χ3v) is 3.63. The molecule has 0 radical (unpaired) electrons. The molecule has 6 heteroatoms. The van der Waals surface area contributed by atoms with Crippen LogP contribution in [0.5, 0.6) is 5.75 Å². The molecular formula is C17H19FN4O. The maximum absolute atomic E-state index is 14.0. The van der Waals surface area contributed by atoms with Crippen molar-refractivity contribution in [2.24, 2.45) is 12.0 Å². The Morgan fingerprint density at radius 2 is 2.17 bits per heavy atom. The SMILES string of the molecule is CCOc1ccc(C2=NCN(c3cnn(C)c3)C=C2C)cc1F. The molecule has 1 aliphatic rings. The standard InChI is InChI=1S/C17H19FN4O/c1-4-23-16-6-5-13(7-15(16)18)17-12(2)9-22(11-19-17)14-8-20-21(3)10-14/h5-10H,4,11H2,1-3H3. The molecule has 120 valence electrons. The molecule has 0 bridgehead atoms. The second-order valence-corrected chi connectivity index (χ2v) is 5.38. The van der Waals surface area contributed by atoms with E-state index in [2.05, 4.69) is 10.1 Å². The van der Waals surface area contributed by atoms with E-state index in [1.165, 1.54) is 6.07 Å². The summed E-state index contributed by atoms with van der Waals surface area (Å²) in [5.41, 5.74) is 3.51. The number of benzene rings is 1. The molecule has 0 fully saturated rings. The maximum Gasteiger partial charge on any atom is 0.165 e. The number of hydrogen-bond acceptors (Lipinski definition) is 4. The van der Waals surface area contributed by atoms with Crippen molar-refractivity contribution in [2.45, 2.75) is 13.8 Å². The van der Waals surface area contributed by atoms with Crippen molar-refractivity contribution in [2.75, 3.05) is 18.2 Å². The molecule has 0 saturated carbocycles. The summed E-state index contributed by atoms with van der Waals surface area (Å²) >= 11 is 0. The van der Waals surface area contributed by atoms with Gasteiger partial charge in [-0.05, 0) is 37.6 Å². The van der Waals surface area contributed by atoms with Crippen LogP contribution in [0.3, 0.4) is 0 Å². The number of anilines is 1. The van der Waals surface area contributed by atoms with Gasteiger partial charge in [0.15, 0.2) is 11.6 Å². The van der Waals surface area contributed by atoms with Crippen LogP contribution in [0.15, 0.2) is 47.4 Å². The van der Waals surface area contributed by atoms with Crippen molar-refractivity contribution in [3.05, 3.63) is 53.7 Å². The zero-order valence-electron chi connectivity index (χ0n) is 13.5. The zero-order valence-corrected chi connectivity index (χ0v) is 13.5. The molecule has 5 nitrogen and oxygen atoms in total. The molecule has 0 amide bonds. The molecule has 1 aromatic heterocycles. The molecule has 0 unspecified atom stereocenters. The van der Waals surface area contributed by atoms with Crippen LogP contribution in [0.25, 0.3) is 0 Å². The summed E-state index contributed by atoms with van der Waals surface area (Å²) in [6.45, 7) is 4.72. The number of rotatable bonds is 4. The van der Waals surface area contributed by atoms with Gasteiger partial charge in [-0.3, -0.25) is 9.67 Å². The van der Waals surface area contributed by atoms with E-state index < -0.39 is 0 Å². The number of halogens is 1. The quantitative estimate of drug-likeness (QED) is 0.871. The van der Waals surface area contributed by atoms with Crippen LogP contribution in [0.2, 0.25) is 0 Å². The van der Waals surface area contributed by atoms with Crippen molar-refractivity contribution in [1.29, 1.82) is 0 Å². The zero-order chi connectivity index (χ0) is 16.4. The lowest BCUT2D eigenvalue weighted by Gasteiger charge is -2.23. The van der Waals surface area contributed by atoms with Gasteiger partial charge >= 0.3 is 0 Å². The summed E-state index contributed by atoms with van der Waals surface area (Å²) in [7, 11) is 1.88. The summed E-state index contributed by atoms with van der Waals surface area (Å²) in [5.74, 6) is -0.0965. The molecule has 0 spiro atoms. The van der Waals surface area contributed by atoms with Gasteiger partial charge in [-0.1, -0.05) is 0 Å². The molecule has 3 rings (SSSR count). The Hall–Kier alpha value is -2.63. The van der Waals surface area contributed by atoms with Crippen LogP contribution in [0.1, 0.15) is 19.4 Å². The first kappa shape index (κ1) is 15.3. The molecule has 0 atom stereocenters. The van der Waals surface area contributed by atoms with Gasteiger partial charge in [-0.25, -0.2) is 4.39 Å². The van der Waals surface area contributed by atoms with Crippen molar-refractivity contribution in [1.82, 2.24) is 9.78 Å². The lowest BCUT2D eigenvalue weighted by atomic mass is 10.0. The van der Waals surface area contributed by atoms with E-state index in [0.29, 0.717) is 13.3 Å². The number of allylic oxidation sites excluding steroid dienone is 1.